The van der Waals surface area contributed by atoms with Crippen molar-refractivity contribution in [3.05, 3.63) is 47.5 Å². The molecular weight excluding hydrogens is 485 g/mol. The quantitative estimate of drug-likeness (QED) is 0.522. The van der Waals surface area contributed by atoms with Crippen LogP contribution in [-0.4, -0.2) is 49.9 Å². The number of amides is 1. The third-order valence-electron chi connectivity index (χ3n) is 7.74. The first-order valence-electron chi connectivity index (χ1n) is 12.9. The third kappa shape index (κ3) is 5.23. The molecule has 3 saturated heterocycles. The van der Waals surface area contributed by atoms with Crippen molar-refractivity contribution in [2.24, 2.45) is 11.3 Å². The monoisotopic (exact) mass is 518 g/mol. The predicted molar refractivity (Wildman–Crippen MR) is 133 cm³/mol. The van der Waals surface area contributed by atoms with E-state index in [0.717, 1.165) is 44.1 Å². The summed E-state index contributed by atoms with van der Waals surface area (Å²) in [5.41, 5.74) is 0.527. The number of alkyl halides is 3. The normalized spacial score (nSPS) is 26.1. The average Bonchev–Trinajstić information content (AvgIpc) is 2.86. The fraction of sp³-hybridized carbons (Fsp3) is 0.536. The molecule has 0 saturated carbocycles. The Morgan fingerprint density at radius 3 is 2.49 bits per heavy atom. The molecule has 2 bridgehead atoms. The van der Waals surface area contributed by atoms with Crippen LogP contribution >= 0.6 is 0 Å². The number of nitrogens with one attached hydrogen (secondary N) is 1. The van der Waals surface area contributed by atoms with Gasteiger partial charge in [0.05, 0.1) is 24.8 Å². The first-order chi connectivity index (χ1) is 17.5. The van der Waals surface area contributed by atoms with Crippen LogP contribution in [0.25, 0.3) is 11.1 Å². The van der Waals surface area contributed by atoms with Gasteiger partial charge in [-0.05, 0) is 68.1 Å². The van der Waals surface area contributed by atoms with Gasteiger partial charge in [0, 0.05) is 17.5 Å². The third-order valence-corrected chi connectivity index (χ3v) is 7.74. The van der Waals surface area contributed by atoms with Gasteiger partial charge in [0.2, 0.25) is 0 Å². The largest absolute Gasteiger partial charge is 0.493 e. The second-order valence-corrected chi connectivity index (χ2v) is 10.8. The highest BCUT2D eigenvalue weighted by atomic mass is 19.4. The van der Waals surface area contributed by atoms with Gasteiger partial charge >= 0.3 is 12.3 Å². The smallest absolute Gasteiger partial charge is 0.419 e. The number of carbonyl (C=O) groups excluding carboxylic acids is 1. The Morgan fingerprint density at radius 1 is 1.14 bits per heavy atom. The number of piperidine rings is 3. The molecule has 0 spiro atoms. The van der Waals surface area contributed by atoms with Crippen LogP contribution in [0.3, 0.4) is 0 Å². The van der Waals surface area contributed by atoms with Crippen molar-refractivity contribution in [1.82, 2.24) is 10.2 Å². The lowest BCUT2D eigenvalue weighted by Gasteiger charge is -2.44. The maximum absolute atomic E-state index is 13.7. The summed E-state index contributed by atoms with van der Waals surface area (Å²) in [5, 5.41) is 3.06. The summed E-state index contributed by atoms with van der Waals surface area (Å²) >= 11 is 0. The second-order valence-electron chi connectivity index (χ2n) is 10.8. The van der Waals surface area contributed by atoms with Crippen LogP contribution < -0.4 is 14.8 Å². The highest BCUT2D eigenvalue weighted by Gasteiger charge is 2.41. The Labute approximate surface area is 215 Å². The summed E-state index contributed by atoms with van der Waals surface area (Å²) in [5.74, 6) is 0.747. The number of hydrogen-bond donors (Lipinski definition) is 1. The van der Waals surface area contributed by atoms with Crippen molar-refractivity contribution in [3.8, 4) is 22.6 Å². The molecule has 4 aliphatic heterocycles. The number of carbonyl (C=O) groups is 1. The predicted octanol–water partition coefficient (Wildman–Crippen LogP) is 6.05. The Hall–Kier alpha value is -2.94. The number of ether oxygens (including phenoxy) is 3. The molecule has 4 heterocycles. The Balaban J connectivity index is 1.38. The van der Waals surface area contributed by atoms with Gasteiger partial charge < -0.3 is 19.5 Å². The maximum atomic E-state index is 13.7. The van der Waals surface area contributed by atoms with Gasteiger partial charge in [-0.15, -0.1) is 0 Å². The molecule has 0 radical (unpaired) electrons. The summed E-state index contributed by atoms with van der Waals surface area (Å²) in [6.45, 7) is 9.04. The summed E-state index contributed by atoms with van der Waals surface area (Å²) in [7, 11) is 0. The Bertz CT molecular complexity index is 1160. The van der Waals surface area contributed by atoms with Crippen LogP contribution in [0.4, 0.5) is 18.0 Å². The fourth-order valence-electron chi connectivity index (χ4n) is 5.66. The molecule has 0 aromatic heterocycles. The van der Waals surface area contributed by atoms with E-state index >= 15 is 0 Å². The Morgan fingerprint density at radius 2 is 1.84 bits per heavy atom. The van der Waals surface area contributed by atoms with E-state index in [4.69, 9.17) is 14.2 Å². The van der Waals surface area contributed by atoms with Crippen molar-refractivity contribution < 1.29 is 32.2 Å². The molecular formula is C28H33F3N2O4. The lowest BCUT2D eigenvalue weighted by Crippen LogP contribution is -2.53. The van der Waals surface area contributed by atoms with E-state index in [1.807, 2.05) is 19.9 Å². The molecule has 2 atom stereocenters. The lowest BCUT2D eigenvalue weighted by molar-refractivity contribution is -0.138. The van der Waals surface area contributed by atoms with Crippen LogP contribution in [0, 0.1) is 11.3 Å². The second kappa shape index (κ2) is 9.74. The number of nitrogens with zero attached hydrogens (tertiary/aromatic N) is 1. The molecule has 4 aliphatic rings. The Kier molecular flexibility index (Phi) is 6.77. The van der Waals surface area contributed by atoms with Gasteiger partial charge in [0.1, 0.15) is 17.6 Å². The van der Waals surface area contributed by atoms with Crippen molar-refractivity contribution in [3.63, 3.8) is 0 Å². The minimum absolute atomic E-state index is 0.102. The minimum Gasteiger partial charge on any atom is -0.493 e. The number of rotatable bonds is 5. The lowest BCUT2D eigenvalue weighted by atomic mass is 9.78. The zero-order valence-corrected chi connectivity index (χ0v) is 21.4. The highest BCUT2D eigenvalue weighted by molar-refractivity contribution is 5.71. The molecule has 200 valence electrons. The van der Waals surface area contributed by atoms with E-state index in [1.165, 1.54) is 6.07 Å². The molecule has 6 rings (SSSR count). The molecule has 2 aromatic rings. The summed E-state index contributed by atoms with van der Waals surface area (Å²) in [6.07, 6.45) is -2.99. The number of alkyl carbamates (subject to hydrolysis) is 1. The minimum atomic E-state index is -4.54. The van der Waals surface area contributed by atoms with Crippen LogP contribution in [0.1, 0.15) is 50.8 Å². The molecule has 1 amide bonds. The number of hydrogen-bond acceptors (Lipinski definition) is 5. The highest BCUT2D eigenvalue weighted by Crippen LogP contribution is 2.45. The van der Waals surface area contributed by atoms with E-state index in [0.29, 0.717) is 29.4 Å². The first kappa shape index (κ1) is 25.7. The molecule has 37 heavy (non-hydrogen) atoms. The van der Waals surface area contributed by atoms with Gasteiger partial charge in [-0.1, -0.05) is 32.0 Å². The van der Waals surface area contributed by atoms with E-state index in [9.17, 15) is 18.0 Å². The summed E-state index contributed by atoms with van der Waals surface area (Å²) in [4.78, 5) is 15.3. The molecule has 2 aromatic carbocycles. The van der Waals surface area contributed by atoms with E-state index in [1.54, 1.807) is 25.1 Å². The average molecular weight is 519 g/mol. The van der Waals surface area contributed by atoms with Crippen LogP contribution in [0.2, 0.25) is 0 Å². The molecule has 9 heteroatoms. The van der Waals surface area contributed by atoms with E-state index < -0.39 is 23.2 Å². The molecule has 0 aliphatic carbocycles. The maximum Gasteiger partial charge on any atom is 0.419 e. The molecule has 3 fully saturated rings. The first-order valence-corrected chi connectivity index (χ1v) is 12.9. The molecule has 1 unspecified atom stereocenters. The standard InChI is InChI=1S/C28H33F3N2O4/c1-4-35-22-8-6-18(13-21(22)28(29,30)31)19-5-7-20-23(14-19)36-16-27(2,3)25(20)32-26(34)37-24-15-33-11-9-17(24)10-12-33/h5-8,13-14,17,24-25H,4,9-12,15-16H2,1-3H3,(H,32,34)/t24-,25?/m0/s1. The fourth-order valence-corrected chi connectivity index (χ4v) is 5.66. The number of benzene rings is 2. The zero-order valence-electron chi connectivity index (χ0n) is 21.4. The molecule has 1 N–H and O–H groups in total. The van der Waals surface area contributed by atoms with Gasteiger partial charge in [0.15, 0.2) is 0 Å². The zero-order chi connectivity index (χ0) is 26.4. The van der Waals surface area contributed by atoms with Crippen molar-refractivity contribution in [2.45, 2.75) is 51.9 Å². The van der Waals surface area contributed by atoms with Crippen molar-refractivity contribution in [1.29, 1.82) is 0 Å². The topological polar surface area (TPSA) is 60.0 Å². The van der Waals surface area contributed by atoms with Gasteiger partial charge in [-0.2, -0.15) is 13.2 Å². The summed E-state index contributed by atoms with van der Waals surface area (Å²) < 4.78 is 58.0. The SMILES string of the molecule is CCOc1ccc(-c2ccc3c(c2)OCC(C)(C)C3NC(=O)O[C@H]2CN3CCC2CC3)cc1C(F)(F)F. The van der Waals surface area contributed by atoms with E-state index in [-0.39, 0.29) is 24.5 Å². The van der Waals surface area contributed by atoms with Gasteiger partial charge in [-0.3, -0.25) is 4.90 Å². The summed E-state index contributed by atoms with van der Waals surface area (Å²) in [6, 6.07) is 8.98. The van der Waals surface area contributed by atoms with Crippen molar-refractivity contribution >= 4 is 6.09 Å². The molecule has 6 nitrogen and oxygen atoms in total. The van der Waals surface area contributed by atoms with Gasteiger partial charge in [0.25, 0.3) is 0 Å². The van der Waals surface area contributed by atoms with Crippen LogP contribution in [-0.2, 0) is 10.9 Å². The van der Waals surface area contributed by atoms with Crippen LogP contribution in [0.15, 0.2) is 36.4 Å². The van der Waals surface area contributed by atoms with Crippen LogP contribution in [0.5, 0.6) is 11.5 Å². The number of halogens is 3. The number of fused-ring (bicyclic) bond motifs is 4. The van der Waals surface area contributed by atoms with Crippen molar-refractivity contribution in [2.75, 3.05) is 32.8 Å². The van der Waals surface area contributed by atoms with E-state index in [2.05, 4.69) is 10.2 Å². The van der Waals surface area contributed by atoms with Gasteiger partial charge in [-0.25, -0.2) is 4.79 Å².